The van der Waals surface area contributed by atoms with Gasteiger partial charge >= 0.3 is 0 Å². The topological polar surface area (TPSA) is 45.6 Å². The fourth-order valence-corrected chi connectivity index (χ4v) is 1.10. The molecule has 1 aliphatic rings. The summed E-state index contributed by atoms with van der Waals surface area (Å²) in [7, 11) is 1.78. The summed E-state index contributed by atoms with van der Waals surface area (Å²) in [5.74, 6) is 0.872. The zero-order valence-corrected chi connectivity index (χ0v) is 12.4. The largest absolute Gasteiger partial charge is 0.375 e. The van der Waals surface area contributed by atoms with E-state index in [1.807, 2.05) is 6.92 Å². The summed E-state index contributed by atoms with van der Waals surface area (Å²) < 4.78 is 5.37. The number of nitrogens with one attached hydrogen (secondary N) is 2. The van der Waals surface area contributed by atoms with E-state index in [1.165, 1.54) is 12.8 Å². The maximum atomic E-state index is 5.37. The highest BCUT2D eigenvalue weighted by Crippen LogP contribution is 2.18. The summed E-state index contributed by atoms with van der Waals surface area (Å²) in [6.07, 6.45) is 2.51. The number of hydrogen-bond donors (Lipinski definition) is 2. The Balaban J connectivity index is 0.00000225. The van der Waals surface area contributed by atoms with E-state index in [0.717, 1.165) is 18.1 Å². The van der Waals surface area contributed by atoms with Crippen molar-refractivity contribution >= 4 is 29.9 Å². The predicted octanol–water partition coefficient (Wildman–Crippen LogP) is 1.52. The zero-order chi connectivity index (χ0) is 11.1. The molecule has 0 bridgehead atoms. The average molecular weight is 339 g/mol. The van der Waals surface area contributed by atoms with Crippen molar-refractivity contribution in [2.75, 3.05) is 26.8 Å². The van der Waals surface area contributed by atoms with Crippen LogP contribution in [0.15, 0.2) is 17.1 Å². The summed E-state index contributed by atoms with van der Waals surface area (Å²) in [5.41, 5.74) is 1.05. The monoisotopic (exact) mass is 339 g/mol. The predicted molar refractivity (Wildman–Crippen MR) is 78.6 cm³/mol. The van der Waals surface area contributed by atoms with Crippen molar-refractivity contribution in [2.24, 2.45) is 4.99 Å². The van der Waals surface area contributed by atoms with Gasteiger partial charge in [-0.15, -0.1) is 24.0 Å². The third-order valence-corrected chi connectivity index (χ3v) is 2.03. The third-order valence-electron chi connectivity index (χ3n) is 2.03. The molecule has 0 saturated heterocycles. The van der Waals surface area contributed by atoms with Gasteiger partial charge in [0.25, 0.3) is 0 Å². The summed E-state index contributed by atoms with van der Waals surface area (Å²) >= 11 is 0. The molecule has 1 fully saturated rings. The lowest BCUT2D eigenvalue weighted by atomic mass is 10.4. The SMILES string of the molecule is C=C(C)COCCNC(=NC)NC1CC1.I. The number of aliphatic imine (C=N–C) groups is 1. The minimum Gasteiger partial charge on any atom is -0.375 e. The molecule has 1 rings (SSSR count). The Labute approximate surface area is 115 Å². The molecular formula is C11H22IN3O. The zero-order valence-electron chi connectivity index (χ0n) is 10.1. The molecule has 0 radical (unpaired) electrons. The minimum atomic E-state index is 0. The molecule has 0 aromatic carbocycles. The lowest BCUT2D eigenvalue weighted by molar-refractivity contribution is 0.161. The fraction of sp³-hybridized carbons (Fsp3) is 0.727. The van der Waals surface area contributed by atoms with Gasteiger partial charge in [0.05, 0.1) is 13.2 Å². The Morgan fingerprint density at radius 1 is 1.50 bits per heavy atom. The number of guanidine groups is 1. The van der Waals surface area contributed by atoms with Crippen molar-refractivity contribution in [3.05, 3.63) is 12.2 Å². The van der Waals surface area contributed by atoms with Crippen molar-refractivity contribution in [3.63, 3.8) is 0 Å². The highest BCUT2D eigenvalue weighted by atomic mass is 127. The molecule has 1 aliphatic carbocycles. The first-order valence-electron chi connectivity index (χ1n) is 5.41. The second-order valence-electron chi connectivity index (χ2n) is 3.93. The van der Waals surface area contributed by atoms with E-state index in [1.54, 1.807) is 7.05 Å². The summed E-state index contributed by atoms with van der Waals surface area (Å²) in [6.45, 7) is 7.82. The smallest absolute Gasteiger partial charge is 0.191 e. The fourth-order valence-electron chi connectivity index (χ4n) is 1.10. The molecule has 0 amide bonds. The van der Waals surface area contributed by atoms with E-state index in [0.29, 0.717) is 19.3 Å². The van der Waals surface area contributed by atoms with Crippen molar-refractivity contribution < 1.29 is 4.74 Å². The van der Waals surface area contributed by atoms with Gasteiger partial charge < -0.3 is 15.4 Å². The first-order valence-corrected chi connectivity index (χ1v) is 5.41. The van der Waals surface area contributed by atoms with Crippen LogP contribution in [0.25, 0.3) is 0 Å². The van der Waals surface area contributed by atoms with E-state index in [-0.39, 0.29) is 24.0 Å². The second kappa shape index (κ2) is 8.81. The second-order valence-corrected chi connectivity index (χ2v) is 3.93. The lowest BCUT2D eigenvalue weighted by Crippen LogP contribution is -2.40. The van der Waals surface area contributed by atoms with Crippen LogP contribution in [0.3, 0.4) is 0 Å². The van der Waals surface area contributed by atoms with Crippen LogP contribution >= 0.6 is 24.0 Å². The van der Waals surface area contributed by atoms with Crippen LogP contribution in [0.5, 0.6) is 0 Å². The number of ether oxygens (including phenoxy) is 1. The van der Waals surface area contributed by atoms with Gasteiger partial charge in [0.15, 0.2) is 5.96 Å². The molecule has 16 heavy (non-hydrogen) atoms. The normalized spacial score (nSPS) is 15.2. The Morgan fingerprint density at radius 3 is 2.69 bits per heavy atom. The van der Waals surface area contributed by atoms with Crippen LogP contribution in [0.2, 0.25) is 0 Å². The van der Waals surface area contributed by atoms with Gasteiger partial charge in [-0.1, -0.05) is 12.2 Å². The van der Waals surface area contributed by atoms with E-state index < -0.39 is 0 Å². The highest BCUT2D eigenvalue weighted by Gasteiger charge is 2.21. The van der Waals surface area contributed by atoms with Crippen molar-refractivity contribution in [1.82, 2.24) is 10.6 Å². The van der Waals surface area contributed by atoms with Crippen LogP contribution in [-0.2, 0) is 4.74 Å². The highest BCUT2D eigenvalue weighted by molar-refractivity contribution is 14.0. The standard InChI is InChI=1S/C11H21N3O.HI/c1-9(2)8-15-7-6-13-11(12-3)14-10-4-5-10;/h10H,1,4-8H2,2-3H3,(H2,12,13,14);1H. The number of nitrogens with zero attached hydrogens (tertiary/aromatic N) is 1. The number of halogens is 1. The maximum absolute atomic E-state index is 5.37. The summed E-state index contributed by atoms with van der Waals surface area (Å²) in [5, 5.41) is 6.50. The maximum Gasteiger partial charge on any atom is 0.191 e. The van der Waals surface area contributed by atoms with E-state index in [9.17, 15) is 0 Å². The molecule has 0 unspecified atom stereocenters. The van der Waals surface area contributed by atoms with Crippen LogP contribution in [-0.4, -0.2) is 38.8 Å². The molecule has 0 aliphatic heterocycles. The minimum absolute atomic E-state index is 0. The van der Waals surface area contributed by atoms with Crippen molar-refractivity contribution in [1.29, 1.82) is 0 Å². The van der Waals surface area contributed by atoms with Gasteiger partial charge in [-0.2, -0.15) is 0 Å². The van der Waals surface area contributed by atoms with E-state index in [2.05, 4.69) is 22.2 Å². The molecule has 4 nitrogen and oxygen atoms in total. The van der Waals surface area contributed by atoms with Crippen LogP contribution in [0.1, 0.15) is 19.8 Å². The average Bonchev–Trinajstić information content (AvgIpc) is 2.99. The van der Waals surface area contributed by atoms with Crippen LogP contribution in [0, 0.1) is 0 Å². The quantitative estimate of drug-likeness (QED) is 0.254. The van der Waals surface area contributed by atoms with E-state index in [4.69, 9.17) is 4.74 Å². The molecule has 94 valence electrons. The Kier molecular flexibility index (Phi) is 8.64. The molecule has 0 heterocycles. The van der Waals surface area contributed by atoms with Gasteiger partial charge in [0, 0.05) is 19.6 Å². The molecule has 2 N–H and O–H groups in total. The molecule has 0 spiro atoms. The molecule has 0 atom stereocenters. The van der Waals surface area contributed by atoms with Crippen molar-refractivity contribution in [3.8, 4) is 0 Å². The van der Waals surface area contributed by atoms with Gasteiger partial charge in [-0.25, -0.2) is 0 Å². The molecule has 0 aromatic rings. The van der Waals surface area contributed by atoms with Gasteiger partial charge in [-0.3, -0.25) is 4.99 Å². The molecular weight excluding hydrogens is 317 g/mol. The van der Waals surface area contributed by atoms with Gasteiger partial charge in [0.1, 0.15) is 0 Å². The molecule has 0 aromatic heterocycles. The summed E-state index contributed by atoms with van der Waals surface area (Å²) in [4.78, 5) is 4.12. The Hall–Kier alpha value is -0.300. The Bertz CT molecular complexity index is 239. The number of hydrogen-bond acceptors (Lipinski definition) is 2. The van der Waals surface area contributed by atoms with Crippen LogP contribution < -0.4 is 10.6 Å². The number of rotatable bonds is 6. The first kappa shape index (κ1) is 15.7. The third kappa shape index (κ3) is 7.92. The van der Waals surface area contributed by atoms with Crippen molar-refractivity contribution in [2.45, 2.75) is 25.8 Å². The summed E-state index contributed by atoms with van der Waals surface area (Å²) in [6, 6.07) is 0.632. The van der Waals surface area contributed by atoms with Gasteiger partial charge in [0.2, 0.25) is 0 Å². The molecule has 5 heteroatoms. The lowest BCUT2D eigenvalue weighted by Gasteiger charge is -2.11. The Morgan fingerprint density at radius 2 is 2.19 bits per heavy atom. The van der Waals surface area contributed by atoms with Gasteiger partial charge in [-0.05, 0) is 19.8 Å². The molecule has 1 saturated carbocycles. The first-order chi connectivity index (χ1) is 7.22. The van der Waals surface area contributed by atoms with E-state index >= 15 is 0 Å². The van der Waals surface area contributed by atoms with Crippen LogP contribution in [0.4, 0.5) is 0 Å².